The Morgan fingerprint density at radius 3 is 0.690 bits per heavy atom. The minimum Gasteiger partial charge on any atom is -0.0876 e. The predicted octanol–water partition coefficient (Wildman–Crippen LogP) is 13.8. The Morgan fingerprint density at radius 2 is 0.548 bits per heavy atom. The molecule has 0 radical (unpaired) electrons. The van der Waals surface area contributed by atoms with Gasteiger partial charge in [0, 0.05) is 21.3 Å². The van der Waals surface area contributed by atoms with Crippen molar-refractivity contribution in [2.75, 3.05) is 0 Å². The number of alkyl halides is 4. The van der Waals surface area contributed by atoms with E-state index in [1.165, 1.54) is 66.8 Å². The van der Waals surface area contributed by atoms with Gasteiger partial charge in [0.15, 0.2) is 0 Å². The van der Waals surface area contributed by atoms with Gasteiger partial charge in [-0.25, -0.2) is 0 Å². The van der Waals surface area contributed by atoms with Crippen LogP contribution in [0.5, 0.6) is 0 Å². The molecule has 0 bridgehead atoms. The van der Waals surface area contributed by atoms with Crippen molar-refractivity contribution in [3.8, 4) is 22.3 Å². The number of rotatable bonds is 6. The first-order valence-electron chi connectivity index (χ1n) is 14.9. The van der Waals surface area contributed by atoms with Gasteiger partial charge in [-0.3, -0.25) is 0 Å². The molecule has 0 N–H and O–H groups in total. The van der Waals surface area contributed by atoms with E-state index in [1.54, 1.807) is 0 Å². The quantitative estimate of drug-likeness (QED) is 0.217. The minimum atomic E-state index is 0.0480. The summed E-state index contributed by atoms with van der Waals surface area (Å²) < 4.78 is 0. The molecule has 0 aliphatic carbocycles. The number of hydrogen-bond acceptors (Lipinski definition) is 0. The lowest BCUT2D eigenvalue weighted by Gasteiger charge is -2.30. The Kier molecular flexibility index (Phi) is 11.3. The molecule has 0 heterocycles. The van der Waals surface area contributed by atoms with Crippen LogP contribution in [0.15, 0.2) is 36.4 Å². The van der Waals surface area contributed by atoms with Crippen LogP contribution in [0.4, 0.5) is 0 Å². The molecule has 0 saturated heterocycles. The van der Waals surface area contributed by atoms with Crippen LogP contribution in [0.25, 0.3) is 22.3 Å². The van der Waals surface area contributed by atoms with Crippen molar-refractivity contribution in [2.45, 2.75) is 126 Å². The summed E-state index contributed by atoms with van der Waals surface area (Å²) >= 11 is 15.9. The summed E-state index contributed by atoms with van der Waals surface area (Å²) in [6.07, 6.45) is 0. The summed E-state index contributed by atoms with van der Waals surface area (Å²) in [6, 6.07) is 14.6. The standard InChI is InChI=1S/C38H50Br4/c1-35(2,3)25-13-23(14-26(17-25)36(4,5)6)33-29(19-39)31(21-41)34(32(22-42)30(33)20-40)24-15-27(37(7,8)9)18-28(16-24)38(10,11)12/h13-18H,19-22H2,1-12H3. The maximum absolute atomic E-state index is 3.97. The summed E-state index contributed by atoms with van der Waals surface area (Å²) in [4.78, 5) is 0. The lowest BCUT2D eigenvalue weighted by atomic mass is 9.75. The molecule has 0 saturated carbocycles. The molecule has 0 spiro atoms. The van der Waals surface area contributed by atoms with E-state index >= 15 is 0 Å². The Morgan fingerprint density at radius 1 is 0.357 bits per heavy atom. The summed E-state index contributed by atoms with van der Waals surface area (Å²) in [6.45, 7) is 27.8. The molecule has 230 valence electrons. The number of benzene rings is 3. The molecule has 0 aliphatic rings. The SMILES string of the molecule is CC(C)(C)c1cc(-c2c(CBr)c(CBr)c(-c3cc(C(C)(C)C)cc(C(C)(C)C)c3)c(CBr)c2CBr)cc(C(C)(C)C)c1. The average Bonchev–Trinajstić information content (AvgIpc) is 2.88. The van der Waals surface area contributed by atoms with E-state index in [1.807, 2.05) is 0 Å². The van der Waals surface area contributed by atoms with Crippen LogP contribution in [-0.4, -0.2) is 0 Å². The first-order valence-corrected chi connectivity index (χ1v) is 19.4. The molecule has 0 aromatic heterocycles. The van der Waals surface area contributed by atoms with Gasteiger partial charge in [0.25, 0.3) is 0 Å². The van der Waals surface area contributed by atoms with Gasteiger partial charge < -0.3 is 0 Å². The van der Waals surface area contributed by atoms with Gasteiger partial charge in [0.1, 0.15) is 0 Å². The molecule has 0 amide bonds. The fraction of sp³-hybridized carbons (Fsp3) is 0.526. The van der Waals surface area contributed by atoms with E-state index in [0.717, 1.165) is 21.3 Å². The molecule has 3 rings (SSSR count). The third kappa shape index (κ3) is 7.68. The van der Waals surface area contributed by atoms with E-state index in [-0.39, 0.29) is 21.7 Å². The Balaban J connectivity index is 2.58. The van der Waals surface area contributed by atoms with Crippen molar-refractivity contribution < 1.29 is 0 Å². The Bertz CT molecular complexity index is 1230. The van der Waals surface area contributed by atoms with E-state index < -0.39 is 0 Å². The molecule has 3 aromatic carbocycles. The molecule has 4 heteroatoms. The van der Waals surface area contributed by atoms with Crippen molar-refractivity contribution in [1.82, 2.24) is 0 Å². The van der Waals surface area contributed by atoms with Crippen molar-refractivity contribution in [1.29, 1.82) is 0 Å². The van der Waals surface area contributed by atoms with Gasteiger partial charge in [-0.2, -0.15) is 0 Å². The molecule has 0 nitrogen and oxygen atoms in total. The molecule has 42 heavy (non-hydrogen) atoms. The fourth-order valence-electron chi connectivity index (χ4n) is 5.53. The second kappa shape index (κ2) is 13.1. The van der Waals surface area contributed by atoms with Crippen LogP contribution in [-0.2, 0) is 43.0 Å². The summed E-state index contributed by atoms with van der Waals surface area (Å²) in [5, 5.41) is 3.14. The van der Waals surface area contributed by atoms with Gasteiger partial charge in [-0.05, 0) is 88.4 Å². The zero-order valence-corrected chi connectivity index (χ0v) is 34.1. The summed E-state index contributed by atoms with van der Waals surface area (Å²) in [5.74, 6) is 0. The van der Waals surface area contributed by atoms with Crippen LogP contribution in [0.3, 0.4) is 0 Å². The third-order valence-electron chi connectivity index (χ3n) is 8.38. The molecule has 0 unspecified atom stereocenters. The average molecular weight is 826 g/mol. The molecular weight excluding hydrogens is 776 g/mol. The largest absolute Gasteiger partial charge is 0.0876 e. The van der Waals surface area contributed by atoms with Crippen molar-refractivity contribution >= 4 is 63.7 Å². The summed E-state index contributed by atoms with van der Waals surface area (Å²) in [7, 11) is 0. The number of halogens is 4. The maximum Gasteiger partial charge on any atom is 0.0292 e. The van der Waals surface area contributed by atoms with Crippen LogP contribution in [0.2, 0.25) is 0 Å². The molecule has 0 atom stereocenters. The van der Waals surface area contributed by atoms with E-state index in [9.17, 15) is 0 Å². The van der Waals surface area contributed by atoms with Gasteiger partial charge in [-0.15, -0.1) is 0 Å². The molecule has 0 aliphatic heterocycles. The second-order valence-corrected chi connectivity index (χ2v) is 18.0. The highest BCUT2D eigenvalue weighted by Crippen LogP contribution is 2.47. The molecule has 3 aromatic rings. The predicted molar refractivity (Wildman–Crippen MR) is 203 cm³/mol. The monoisotopic (exact) mass is 822 g/mol. The Hall–Kier alpha value is -0.420. The van der Waals surface area contributed by atoms with Crippen molar-refractivity contribution in [2.24, 2.45) is 0 Å². The van der Waals surface area contributed by atoms with Crippen molar-refractivity contribution in [3.05, 3.63) is 80.9 Å². The topological polar surface area (TPSA) is 0 Å². The van der Waals surface area contributed by atoms with Crippen LogP contribution in [0, 0.1) is 0 Å². The summed E-state index contributed by atoms with van der Waals surface area (Å²) in [5.41, 5.74) is 16.5. The van der Waals surface area contributed by atoms with Crippen molar-refractivity contribution in [3.63, 3.8) is 0 Å². The van der Waals surface area contributed by atoms with E-state index in [2.05, 4.69) is 183 Å². The lowest BCUT2D eigenvalue weighted by molar-refractivity contribution is 0.568. The zero-order chi connectivity index (χ0) is 32.0. The van der Waals surface area contributed by atoms with Crippen LogP contribution < -0.4 is 0 Å². The zero-order valence-electron chi connectivity index (χ0n) is 27.8. The first-order chi connectivity index (χ1) is 19.2. The fourth-order valence-corrected chi connectivity index (χ4v) is 8.01. The van der Waals surface area contributed by atoms with Crippen LogP contribution >= 0.6 is 63.7 Å². The highest BCUT2D eigenvalue weighted by molar-refractivity contribution is 9.09. The van der Waals surface area contributed by atoms with Gasteiger partial charge >= 0.3 is 0 Å². The highest BCUT2D eigenvalue weighted by Gasteiger charge is 2.28. The van der Waals surface area contributed by atoms with Gasteiger partial charge in [0.05, 0.1) is 0 Å². The van der Waals surface area contributed by atoms with Crippen LogP contribution in [0.1, 0.15) is 128 Å². The van der Waals surface area contributed by atoms with Gasteiger partial charge in [0.2, 0.25) is 0 Å². The molecular formula is C38H50Br4. The second-order valence-electron chi connectivity index (χ2n) is 15.8. The lowest BCUT2D eigenvalue weighted by Crippen LogP contribution is -2.17. The third-order valence-corrected chi connectivity index (χ3v) is 10.6. The number of hydrogen-bond donors (Lipinski definition) is 0. The van der Waals surface area contributed by atoms with E-state index in [0.29, 0.717) is 0 Å². The smallest absolute Gasteiger partial charge is 0.0292 e. The normalized spacial score (nSPS) is 13.1. The Labute approximate surface area is 290 Å². The molecule has 0 fully saturated rings. The maximum atomic E-state index is 3.97. The van der Waals surface area contributed by atoms with E-state index in [4.69, 9.17) is 0 Å². The minimum absolute atomic E-state index is 0.0480. The van der Waals surface area contributed by atoms with Gasteiger partial charge in [-0.1, -0.05) is 183 Å². The highest BCUT2D eigenvalue weighted by atomic mass is 79.9. The first kappa shape index (κ1) is 36.1.